The highest BCUT2D eigenvalue weighted by Crippen LogP contribution is 2.35. The van der Waals surface area contributed by atoms with Gasteiger partial charge in [0.2, 0.25) is 5.91 Å². The number of aryl methyl sites for hydroxylation is 1. The van der Waals surface area contributed by atoms with Crippen LogP contribution in [-0.4, -0.2) is 27.2 Å². The number of amides is 1. The Kier molecular flexibility index (Phi) is 5.73. The van der Waals surface area contributed by atoms with Crippen LogP contribution in [0, 0.1) is 5.41 Å². The van der Waals surface area contributed by atoms with E-state index in [2.05, 4.69) is 10.4 Å². The van der Waals surface area contributed by atoms with E-state index in [1.165, 1.54) is 0 Å². The first-order valence-corrected chi connectivity index (χ1v) is 8.12. The molecule has 0 unspecified atom stereocenters. The number of nitrogens with two attached hydrogens (primary N) is 1. The van der Waals surface area contributed by atoms with Gasteiger partial charge in [0.15, 0.2) is 0 Å². The molecule has 1 aromatic rings. The number of rotatable bonds is 6. The summed E-state index contributed by atoms with van der Waals surface area (Å²) in [7, 11) is 0. The molecule has 1 aliphatic carbocycles. The lowest BCUT2D eigenvalue weighted by Gasteiger charge is -2.30. The van der Waals surface area contributed by atoms with Gasteiger partial charge in [0.25, 0.3) is 0 Å². The van der Waals surface area contributed by atoms with Crippen molar-refractivity contribution in [2.24, 2.45) is 11.1 Å². The van der Waals surface area contributed by atoms with Gasteiger partial charge in [0.05, 0.1) is 10.4 Å². The van der Waals surface area contributed by atoms with E-state index in [0.717, 1.165) is 51.5 Å². The lowest BCUT2D eigenvalue weighted by Crippen LogP contribution is -2.49. The summed E-state index contributed by atoms with van der Waals surface area (Å²) in [5, 5.41) is 7.16. The average molecular weight is 308 g/mol. The van der Waals surface area contributed by atoms with Gasteiger partial charge in [-0.1, -0.05) is 37.9 Å². The molecule has 0 saturated heterocycles. The molecule has 1 aromatic heterocycles. The van der Waals surface area contributed by atoms with Crippen molar-refractivity contribution in [3.63, 3.8) is 0 Å². The van der Waals surface area contributed by atoms with Crippen LogP contribution in [0.15, 0.2) is 18.5 Å². The highest BCUT2D eigenvalue weighted by atomic mass is 32.1. The van der Waals surface area contributed by atoms with Gasteiger partial charge >= 0.3 is 0 Å². The van der Waals surface area contributed by atoms with Gasteiger partial charge in [-0.3, -0.25) is 9.48 Å². The second-order valence-electron chi connectivity index (χ2n) is 5.74. The van der Waals surface area contributed by atoms with Gasteiger partial charge in [-0.2, -0.15) is 5.10 Å². The molecule has 1 heterocycles. The van der Waals surface area contributed by atoms with Crippen LogP contribution in [0.25, 0.3) is 0 Å². The van der Waals surface area contributed by atoms with Gasteiger partial charge < -0.3 is 11.1 Å². The maximum atomic E-state index is 12.6. The summed E-state index contributed by atoms with van der Waals surface area (Å²) in [5.41, 5.74) is 5.28. The normalized spacial score (nSPS) is 17.9. The number of nitrogens with zero attached hydrogens (tertiary/aromatic N) is 2. The minimum Gasteiger partial charge on any atom is -0.392 e. The molecule has 1 amide bonds. The van der Waals surface area contributed by atoms with Crippen molar-refractivity contribution in [1.82, 2.24) is 15.1 Å². The fraction of sp³-hybridized carbons (Fsp3) is 0.667. The third-order valence-electron chi connectivity index (χ3n) is 4.27. The zero-order valence-corrected chi connectivity index (χ0v) is 13.2. The molecule has 5 nitrogen and oxygen atoms in total. The second-order valence-corrected chi connectivity index (χ2v) is 6.18. The molecule has 0 bridgehead atoms. The van der Waals surface area contributed by atoms with Crippen LogP contribution in [0.4, 0.5) is 0 Å². The molecule has 0 spiro atoms. The van der Waals surface area contributed by atoms with Gasteiger partial charge in [0, 0.05) is 25.5 Å². The molecule has 21 heavy (non-hydrogen) atoms. The average Bonchev–Trinajstić information content (AvgIpc) is 2.85. The van der Waals surface area contributed by atoms with Gasteiger partial charge in [-0.25, -0.2) is 0 Å². The molecule has 116 valence electrons. The molecule has 1 saturated carbocycles. The quantitative estimate of drug-likeness (QED) is 0.479. The van der Waals surface area contributed by atoms with Crippen LogP contribution in [0.1, 0.15) is 44.9 Å². The summed E-state index contributed by atoms with van der Waals surface area (Å²) in [6, 6.07) is 1.89. The van der Waals surface area contributed by atoms with Crippen LogP contribution in [-0.2, 0) is 11.3 Å². The fourth-order valence-electron chi connectivity index (χ4n) is 2.96. The van der Waals surface area contributed by atoms with E-state index in [0.29, 0.717) is 11.5 Å². The van der Waals surface area contributed by atoms with Crippen molar-refractivity contribution in [2.75, 3.05) is 6.54 Å². The number of thiocarbonyl (C=S) groups is 1. The van der Waals surface area contributed by atoms with E-state index in [9.17, 15) is 4.79 Å². The summed E-state index contributed by atoms with van der Waals surface area (Å²) < 4.78 is 1.86. The minimum absolute atomic E-state index is 0.0114. The summed E-state index contributed by atoms with van der Waals surface area (Å²) in [6.07, 6.45) is 10.5. The Hall–Kier alpha value is -1.43. The van der Waals surface area contributed by atoms with E-state index in [4.69, 9.17) is 18.0 Å². The van der Waals surface area contributed by atoms with Crippen molar-refractivity contribution < 1.29 is 4.79 Å². The van der Waals surface area contributed by atoms with Crippen molar-refractivity contribution in [1.29, 1.82) is 0 Å². The van der Waals surface area contributed by atoms with Gasteiger partial charge in [0.1, 0.15) is 0 Å². The first-order valence-electron chi connectivity index (χ1n) is 7.71. The minimum atomic E-state index is -0.627. The first kappa shape index (κ1) is 15.9. The Morgan fingerprint density at radius 2 is 2.05 bits per heavy atom. The fourth-order valence-corrected chi connectivity index (χ4v) is 3.26. The molecule has 1 aliphatic rings. The molecule has 0 aromatic carbocycles. The zero-order valence-electron chi connectivity index (χ0n) is 12.4. The van der Waals surface area contributed by atoms with Crippen molar-refractivity contribution in [3.05, 3.63) is 18.5 Å². The van der Waals surface area contributed by atoms with Crippen LogP contribution < -0.4 is 11.1 Å². The van der Waals surface area contributed by atoms with Crippen molar-refractivity contribution in [3.8, 4) is 0 Å². The highest BCUT2D eigenvalue weighted by molar-refractivity contribution is 7.80. The molecular formula is C15H24N4OS. The standard InChI is InChI=1S/C15H24N4OS/c16-13(21)15(7-3-1-2-4-8-15)14(20)17-9-5-11-19-12-6-10-18-19/h6,10,12H,1-5,7-9,11H2,(H2,16,21)(H,17,20). The highest BCUT2D eigenvalue weighted by Gasteiger charge is 2.41. The predicted molar refractivity (Wildman–Crippen MR) is 86.8 cm³/mol. The van der Waals surface area contributed by atoms with Crippen LogP contribution in [0.2, 0.25) is 0 Å². The van der Waals surface area contributed by atoms with E-state index in [-0.39, 0.29) is 5.91 Å². The van der Waals surface area contributed by atoms with Crippen molar-refractivity contribution in [2.45, 2.75) is 51.5 Å². The van der Waals surface area contributed by atoms with E-state index in [1.54, 1.807) is 6.20 Å². The summed E-state index contributed by atoms with van der Waals surface area (Å²) in [5.74, 6) is 0.0114. The number of aromatic nitrogens is 2. The monoisotopic (exact) mass is 308 g/mol. The molecule has 6 heteroatoms. The summed E-state index contributed by atoms with van der Waals surface area (Å²) in [6.45, 7) is 1.43. The predicted octanol–water partition coefficient (Wildman–Crippen LogP) is 2.02. The van der Waals surface area contributed by atoms with Crippen LogP contribution in [0.5, 0.6) is 0 Å². The Bertz CT molecular complexity index is 464. The number of nitrogens with one attached hydrogen (secondary N) is 1. The van der Waals surface area contributed by atoms with E-state index < -0.39 is 5.41 Å². The third kappa shape index (κ3) is 4.03. The van der Waals surface area contributed by atoms with Crippen LogP contribution >= 0.6 is 12.2 Å². The molecule has 2 rings (SSSR count). The maximum Gasteiger partial charge on any atom is 0.233 e. The van der Waals surface area contributed by atoms with Crippen molar-refractivity contribution >= 4 is 23.1 Å². The second kappa shape index (κ2) is 7.54. The van der Waals surface area contributed by atoms with E-state index >= 15 is 0 Å². The largest absolute Gasteiger partial charge is 0.392 e. The smallest absolute Gasteiger partial charge is 0.233 e. The van der Waals surface area contributed by atoms with Gasteiger partial charge in [-0.15, -0.1) is 0 Å². The molecule has 0 aliphatic heterocycles. The zero-order chi connectivity index (χ0) is 15.1. The Morgan fingerprint density at radius 3 is 2.62 bits per heavy atom. The van der Waals surface area contributed by atoms with Gasteiger partial charge in [-0.05, 0) is 25.3 Å². The molecule has 0 radical (unpaired) electrons. The van der Waals surface area contributed by atoms with Crippen LogP contribution in [0.3, 0.4) is 0 Å². The topological polar surface area (TPSA) is 72.9 Å². The first-order chi connectivity index (χ1) is 10.1. The molecule has 0 atom stereocenters. The molecule has 1 fully saturated rings. The molecule has 3 N–H and O–H groups in total. The SMILES string of the molecule is NC(=S)C1(C(=O)NCCCn2cccn2)CCCCCC1. The Labute approximate surface area is 131 Å². The lowest BCUT2D eigenvalue weighted by atomic mass is 9.79. The number of hydrogen-bond acceptors (Lipinski definition) is 3. The number of carbonyl (C=O) groups excluding carboxylic acids is 1. The maximum absolute atomic E-state index is 12.6. The Morgan fingerprint density at radius 1 is 1.33 bits per heavy atom. The summed E-state index contributed by atoms with van der Waals surface area (Å²) >= 11 is 5.21. The third-order valence-corrected chi connectivity index (χ3v) is 4.66. The Balaban J connectivity index is 1.85. The lowest BCUT2D eigenvalue weighted by molar-refractivity contribution is -0.128. The summed E-state index contributed by atoms with van der Waals surface area (Å²) in [4.78, 5) is 12.9. The molecular weight excluding hydrogens is 284 g/mol. The number of hydrogen-bond donors (Lipinski definition) is 2. The number of carbonyl (C=O) groups is 1. The van der Waals surface area contributed by atoms with E-state index in [1.807, 2.05) is 16.9 Å².